The molecule has 2 aliphatic rings. The lowest BCUT2D eigenvalue weighted by atomic mass is 9.80. The van der Waals surface area contributed by atoms with Gasteiger partial charge in [0, 0.05) is 23.7 Å². The fourth-order valence-electron chi connectivity index (χ4n) is 2.88. The van der Waals surface area contributed by atoms with Crippen molar-refractivity contribution in [2.75, 3.05) is 13.1 Å². The zero-order valence-electron chi connectivity index (χ0n) is 8.56. The number of hydrogen-bond acceptors (Lipinski definition) is 2. The van der Waals surface area contributed by atoms with Crippen LogP contribution in [0.5, 0.6) is 0 Å². The largest absolute Gasteiger partial charge is 0.435 e. The van der Waals surface area contributed by atoms with Crippen molar-refractivity contribution in [3.63, 3.8) is 0 Å². The summed E-state index contributed by atoms with van der Waals surface area (Å²) in [6.45, 7) is 1.67. The second kappa shape index (κ2) is 3.23. The van der Waals surface area contributed by atoms with E-state index in [9.17, 15) is 13.2 Å². The van der Waals surface area contributed by atoms with Crippen LogP contribution in [0.25, 0.3) is 0 Å². The maximum Gasteiger partial charge on any atom is 0.435 e. The molecule has 3 rings (SSSR count). The van der Waals surface area contributed by atoms with Crippen LogP contribution >= 0.6 is 0 Å². The molecule has 0 spiro atoms. The van der Waals surface area contributed by atoms with Crippen molar-refractivity contribution in [2.24, 2.45) is 5.92 Å². The number of H-pyrrole nitrogens is 1. The average Bonchev–Trinajstić information content (AvgIpc) is 2.81. The van der Waals surface area contributed by atoms with Crippen molar-refractivity contribution in [1.29, 1.82) is 0 Å². The molecule has 1 saturated heterocycles. The molecule has 16 heavy (non-hydrogen) atoms. The number of nitrogens with one attached hydrogen (secondary N) is 2. The van der Waals surface area contributed by atoms with E-state index < -0.39 is 11.9 Å². The van der Waals surface area contributed by atoms with Crippen molar-refractivity contribution >= 4 is 0 Å². The van der Waals surface area contributed by atoms with Gasteiger partial charge in [-0.2, -0.15) is 18.3 Å². The van der Waals surface area contributed by atoms with Crippen molar-refractivity contribution in [2.45, 2.75) is 24.9 Å². The summed E-state index contributed by atoms with van der Waals surface area (Å²) in [6.07, 6.45) is -3.01. The Kier molecular flexibility index (Phi) is 2.04. The molecule has 2 N–H and O–H groups in total. The van der Waals surface area contributed by atoms with Gasteiger partial charge in [-0.25, -0.2) is 0 Å². The van der Waals surface area contributed by atoms with Crippen molar-refractivity contribution in [1.82, 2.24) is 15.5 Å². The molecule has 0 aromatic carbocycles. The molecule has 0 radical (unpaired) electrons. The lowest BCUT2D eigenvalue weighted by Gasteiger charge is -2.24. The molecule has 1 aromatic rings. The summed E-state index contributed by atoms with van der Waals surface area (Å²) in [7, 11) is 0. The minimum absolute atomic E-state index is 0.187. The summed E-state index contributed by atoms with van der Waals surface area (Å²) >= 11 is 0. The van der Waals surface area contributed by atoms with E-state index in [1.807, 2.05) is 0 Å². The number of rotatable bonds is 0. The lowest BCUT2D eigenvalue weighted by molar-refractivity contribution is -0.141. The SMILES string of the molecule is FC(F)(F)c1n[nH]c2c1CC[C@@H]1CNC[C@@H]21. The minimum atomic E-state index is -4.33. The highest BCUT2D eigenvalue weighted by Crippen LogP contribution is 2.42. The Hall–Kier alpha value is -1.04. The molecule has 0 bridgehead atoms. The summed E-state index contributed by atoms with van der Waals surface area (Å²) < 4.78 is 38.0. The first-order valence-electron chi connectivity index (χ1n) is 5.42. The molecule has 1 fully saturated rings. The number of alkyl halides is 3. The first kappa shape index (κ1) is 10.1. The van der Waals surface area contributed by atoms with E-state index in [-0.39, 0.29) is 5.92 Å². The highest BCUT2D eigenvalue weighted by molar-refractivity contribution is 5.34. The molecule has 0 saturated carbocycles. The van der Waals surface area contributed by atoms with Gasteiger partial charge in [-0.05, 0) is 25.3 Å². The number of aromatic amines is 1. The molecular weight excluding hydrogens is 219 g/mol. The number of nitrogens with zero attached hydrogens (tertiary/aromatic N) is 1. The lowest BCUT2D eigenvalue weighted by Crippen LogP contribution is -2.20. The van der Waals surface area contributed by atoms with E-state index in [0.29, 0.717) is 23.6 Å². The van der Waals surface area contributed by atoms with Crippen LogP contribution in [-0.2, 0) is 12.6 Å². The van der Waals surface area contributed by atoms with E-state index in [2.05, 4.69) is 15.5 Å². The zero-order valence-corrected chi connectivity index (χ0v) is 8.56. The quantitative estimate of drug-likeness (QED) is 0.713. The van der Waals surface area contributed by atoms with Crippen LogP contribution in [0.3, 0.4) is 0 Å². The van der Waals surface area contributed by atoms with Gasteiger partial charge >= 0.3 is 6.18 Å². The Bertz CT molecular complexity index is 410. The number of fused-ring (bicyclic) bond motifs is 3. The zero-order chi connectivity index (χ0) is 11.3. The highest BCUT2D eigenvalue weighted by Gasteiger charge is 2.43. The van der Waals surface area contributed by atoms with E-state index in [1.54, 1.807) is 0 Å². The first-order chi connectivity index (χ1) is 7.57. The summed E-state index contributed by atoms with van der Waals surface area (Å²) in [5.74, 6) is 0.654. The number of halogens is 3. The van der Waals surface area contributed by atoms with Gasteiger partial charge in [0.1, 0.15) is 0 Å². The Morgan fingerprint density at radius 1 is 1.25 bits per heavy atom. The molecule has 1 aliphatic heterocycles. The van der Waals surface area contributed by atoms with Gasteiger partial charge in [0.15, 0.2) is 5.69 Å². The molecule has 3 nitrogen and oxygen atoms in total. The standard InChI is InChI=1S/C10H12F3N3/c11-10(12,13)9-6-2-1-5-3-14-4-7(5)8(6)15-16-9/h5,7,14H,1-4H2,(H,15,16)/t5-,7-/m1/s1. The average molecular weight is 231 g/mol. The van der Waals surface area contributed by atoms with E-state index in [1.165, 1.54) is 0 Å². The normalized spacial score (nSPS) is 28.9. The van der Waals surface area contributed by atoms with Gasteiger partial charge in [0.2, 0.25) is 0 Å². The third kappa shape index (κ3) is 1.36. The molecule has 0 unspecified atom stereocenters. The van der Waals surface area contributed by atoms with Crippen LogP contribution in [0.1, 0.15) is 29.3 Å². The van der Waals surface area contributed by atoms with E-state index >= 15 is 0 Å². The van der Waals surface area contributed by atoms with Crippen LogP contribution in [0, 0.1) is 5.92 Å². The van der Waals surface area contributed by atoms with Gasteiger partial charge < -0.3 is 5.32 Å². The van der Waals surface area contributed by atoms with Gasteiger partial charge in [-0.15, -0.1) is 0 Å². The molecule has 6 heteroatoms. The maximum absolute atomic E-state index is 12.7. The number of aromatic nitrogens is 2. The molecule has 88 valence electrons. The predicted molar refractivity (Wildman–Crippen MR) is 51.0 cm³/mol. The molecule has 1 aromatic heterocycles. The van der Waals surface area contributed by atoms with Crippen molar-refractivity contribution < 1.29 is 13.2 Å². The predicted octanol–water partition coefficient (Wildman–Crippen LogP) is 1.68. The van der Waals surface area contributed by atoms with Crippen LogP contribution in [0.15, 0.2) is 0 Å². The molecule has 1 aliphatic carbocycles. The summed E-state index contributed by atoms with van der Waals surface area (Å²) in [5, 5.41) is 9.27. The Balaban J connectivity index is 2.04. The van der Waals surface area contributed by atoms with Gasteiger partial charge in [0.25, 0.3) is 0 Å². The highest BCUT2D eigenvalue weighted by atomic mass is 19.4. The van der Waals surface area contributed by atoms with E-state index in [4.69, 9.17) is 0 Å². The van der Waals surface area contributed by atoms with Crippen LogP contribution in [-0.4, -0.2) is 23.3 Å². The summed E-state index contributed by atoms with van der Waals surface area (Å²) in [4.78, 5) is 0. The monoisotopic (exact) mass is 231 g/mol. The van der Waals surface area contributed by atoms with Crippen molar-refractivity contribution in [3.8, 4) is 0 Å². The third-order valence-electron chi connectivity index (χ3n) is 3.64. The smallest absolute Gasteiger partial charge is 0.316 e. The van der Waals surface area contributed by atoms with Gasteiger partial charge in [0.05, 0.1) is 0 Å². The Labute approximate surface area is 90.4 Å². The van der Waals surface area contributed by atoms with Crippen molar-refractivity contribution in [3.05, 3.63) is 17.0 Å². The molecular formula is C10H12F3N3. The summed E-state index contributed by atoms with van der Waals surface area (Å²) in [6, 6.07) is 0. The summed E-state index contributed by atoms with van der Waals surface area (Å²) in [5.41, 5.74) is 0.374. The van der Waals surface area contributed by atoms with Gasteiger partial charge in [-0.3, -0.25) is 5.10 Å². The van der Waals surface area contributed by atoms with Crippen LogP contribution in [0.2, 0.25) is 0 Å². The fraction of sp³-hybridized carbons (Fsp3) is 0.700. The van der Waals surface area contributed by atoms with Gasteiger partial charge in [-0.1, -0.05) is 0 Å². The molecule has 2 heterocycles. The third-order valence-corrected chi connectivity index (χ3v) is 3.64. The molecule has 2 atom stereocenters. The minimum Gasteiger partial charge on any atom is -0.316 e. The topological polar surface area (TPSA) is 40.7 Å². The Morgan fingerprint density at radius 2 is 2.06 bits per heavy atom. The fourth-order valence-corrected chi connectivity index (χ4v) is 2.88. The van der Waals surface area contributed by atoms with E-state index in [0.717, 1.165) is 19.5 Å². The Morgan fingerprint density at radius 3 is 2.81 bits per heavy atom. The van der Waals surface area contributed by atoms with Crippen LogP contribution < -0.4 is 5.32 Å². The maximum atomic E-state index is 12.7. The van der Waals surface area contributed by atoms with Crippen LogP contribution in [0.4, 0.5) is 13.2 Å². The molecule has 0 amide bonds. The first-order valence-corrected chi connectivity index (χ1v) is 5.42. The second-order valence-corrected chi connectivity index (χ2v) is 4.53. The second-order valence-electron chi connectivity index (χ2n) is 4.53. The number of hydrogen-bond donors (Lipinski definition) is 2.